The van der Waals surface area contributed by atoms with E-state index < -0.39 is 42.6 Å². The zero-order chi connectivity index (χ0) is 34.9. The molecule has 14 heteroatoms. The molecule has 2 heterocycles. The fourth-order valence-electron chi connectivity index (χ4n) is 7.62. The third kappa shape index (κ3) is 5.87. The van der Waals surface area contributed by atoms with E-state index in [1.807, 2.05) is 37.2 Å². The normalized spacial score (nSPS) is 19.5. The van der Waals surface area contributed by atoms with Gasteiger partial charge in [-0.15, -0.1) is 0 Å². The molecule has 0 atom stereocenters. The number of anilines is 1. The van der Waals surface area contributed by atoms with Crippen molar-refractivity contribution < 1.29 is 143 Å². The summed E-state index contributed by atoms with van der Waals surface area (Å²) in [6.45, 7) is 7.36. The minimum absolute atomic E-state index is 0. The van der Waals surface area contributed by atoms with Gasteiger partial charge in [-0.1, -0.05) is 62.1 Å². The molecule has 2 aliphatic heterocycles. The molecule has 0 spiro atoms. The molecule has 0 aromatic heterocycles. The van der Waals surface area contributed by atoms with Crippen molar-refractivity contribution in [2.24, 2.45) is 0 Å². The molecule has 50 heavy (non-hydrogen) atoms. The maximum Gasteiger partial charge on any atom is 1.00 e. The van der Waals surface area contributed by atoms with Crippen molar-refractivity contribution >= 4 is 64.7 Å². The number of carbonyl (C=O) groups excluding carboxylic acids is 1. The average Bonchev–Trinajstić information content (AvgIpc) is 3.33. The molecule has 3 aliphatic rings. The van der Waals surface area contributed by atoms with Crippen LogP contribution in [0.25, 0.3) is 21.5 Å². The first-order chi connectivity index (χ1) is 22.3. The molecule has 0 unspecified atom stereocenters. The predicted octanol–water partition coefficient (Wildman–Crippen LogP) is -1.75. The van der Waals surface area contributed by atoms with E-state index in [1.165, 1.54) is 24.3 Å². The predicted molar refractivity (Wildman–Crippen MR) is 177 cm³/mol. The number of hydrogen-bond acceptors (Lipinski definition) is 9. The molecule has 0 saturated carbocycles. The summed E-state index contributed by atoms with van der Waals surface area (Å²) in [5.41, 5.74) is 1.86. The fraction of sp³-hybridized carbons (Fsp3) is 0.222. The van der Waals surface area contributed by atoms with Crippen LogP contribution in [-0.4, -0.2) is 56.1 Å². The van der Waals surface area contributed by atoms with E-state index in [1.54, 1.807) is 62.6 Å². The number of ketones is 1. The van der Waals surface area contributed by atoms with Gasteiger partial charge in [-0.25, -0.2) is 16.8 Å². The van der Waals surface area contributed by atoms with E-state index in [2.05, 4.69) is 0 Å². The smallest absolute Gasteiger partial charge is 0.871 e. The molecule has 4 aromatic carbocycles. The molecule has 1 aliphatic carbocycles. The van der Waals surface area contributed by atoms with Crippen LogP contribution in [-0.2, 0) is 35.9 Å². The van der Waals surface area contributed by atoms with Gasteiger partial charge in [0.25, 0.3) is 0 Å². The summed E-state index contributed by atoms with van der Waals surface area (Å²) in [7, 11) is -6.07. The van der Waals surface area contributed by atoms with Gasteiger partial charge < -0.3 is 19.1 Å². The number of nitrogens with zero attached hydrogens (tertiary/aromatic N) is 2. The summed E-state index contributed by atoms with van der Waals surface area (Å²) in [5, 5.41) is 15.4. The Labute approximate surface area is 376 Å². The Morgan fingerprint density at radius 1 is 0.740 bits per heavy atom. The summed E-state index contributed by atoms with van der Waals surface area (Å²) in [6, 6.07) is 16.2. The Balaban J connectivity index is 0.00000243. The first kappa shape index (κ1) is 39.9. The summed E-state index contributed by atoms with van der Waals surface area (Å²) in [4.78, 5) is 14.8. The van der Waals surface area contributed by atoms with Crippen molar-refractivity contribution in [1.29, 1.82) is 0 Å². The van der Waals surface area contributed by atoms with Crippen molar-refractivity contribution in [3.05, 3.63) is 107 Å². The number of likely N-dealkylation sites (N-methyl/N-ethyl adjacent to an activating group) is 1. The van der Waals surface area contributed by atoms with E-state index in [4.69, 9.17) is 0 Å². The molecule has 0 radical (unpaired) electrons. The summed E-state index contributed by atoms with van der Waals surface area (Å²) < 4.78 is 75.3. The van der Waals surface area contributed by atoms with E-state index in [-0.39, 0.29) is 134 Å². The molecule has 0 N–H and O–H groups in total. The van der Waals surface area contributed by atoms with Crippen LogP contribution in [0.2, 0.25) is 0 Å². The fourth-order valence-corrected chi connectivity index (χ4v) is 9.04. The molecule has 0 saturated heterocycles. The van der Waals surface area contributed by atoms with Crippen LogP contribution in [0.4, 0.5) is 11.4 Å². The minimum Gasteiger partial charge on any atom is -0.871 e. The van der Waals surface area contributed by atoms with Gasteiger partial charge in [0.15, 0.2) is 11.5 Å². The Morgan fingerprint density at radius 2 is 1.22 bits per heavy atom. The summed E-state index contributed by atoms with van der Waals surface area (Å²) >= 11 is 0. The van der Waals surface area contributed by atoms with Crippen LogP contribution in [0.15, 0.2) is 105 Å². The quantitative estimate of drug-likeness (QED) is 0.102. The number of carbonyl (C=O) groups is 1. The van der Waals surface area contributed by atoms with Crippen molar-refractivity contribution in [3.63, 3.8) is 0 Å². The number of Topliss-reactive ketones (excluding diaryl/α,β-unsaturated/α-hetero) is 1. The largest absolute Gasteiger partial charge is 1.00 e. The van der Waals surface area contributed by atoms with Crippen molar-refractivity contribution in [2.75, 3.05) is 19.0 Å². The average molecular weight is 761 g/mol. The van der Waals surface area contributed by atoms with Gasteiger partial charge in [-0.3, -0.25) is 4.79 Å². The maximum atomic E-state index is 13.7. The first-order valence-corrected chi connectivity index (χ1v) is 17.9. The molecule has 0 bridgehead atoms. The molecule has 4 aromatic rings. The van der Waals surface area contributed by atoms with E-state index in [9.17, 15) is 35.8 Å². The number of rotatable bonds is 4. The van der Waals surface area contributed by atoms with E-state index in [0.717, 1.165) is 0 Å². The summed E-state index contributed by atoms with van der Waals surface area (Å²) in [6.07, 6.45) is 3.06. The van der Waals surface area contributed by atoms with Crippen LogP contribution in [0, 0.1) is 0 Å². The molecule has 246 valence electrons. The van der Waals surface area contributed by atoms with E-state index >= 15 is 0 Å². The van der Waals surface area contributed by atoms with Gasteiger partial charge in [0, 0.05) is 57.1 Å². The van der Waals surface area contributed by atoms with Crippen LogP contribution in [0.5, 0.6) is 0 Å². The second-order valence-electron chi connectivity index (χ2n) is 13.5. The topological polar surface area (TPSA) is 161 Å². The molecule has 7 rings (SSSR count). The second kappa shape index (κ2) is 13.2. The number of hydrogen-bond donors (Lipinski definition) is 0. The van der Waals surface area contributed by atoms with Gasteiger partial charge in [0.05, 0.1) is 26.3 Å². The Kier molecular flexibility index (Phi) is 10.5. The first-order valence-electron chi connectivity index (χ1n) is 15.1. The van der Waals surface area contributed by atoms with Gasteiger partial charge in [-0.2, -0.15) is 4.58 Å². The van der Waals surface area contributed by atoms with Gasteiger partial charge in [-0.05, 0) is 43.7 Å². The molecular formula is C36H30K2N2O8S2. The number of benzene rings is 4. The van der Waals surface area contributed by atoms with E-state index in [0.29, 0.717) is 44.7 Å². The molecule has 10 nitrogen and oxygen atoms in total. The van der Waals surface area contributed by atoms with Crippen molar-refractivity contribution in [2.45, 2.75) is 48.3 Å². The summed E-state index contributed by atoms with van der Waals surface area (Å²) in [5.74, 6) is -0.943. The van der Waals surface area contributed by atoms with Crippen molar-refractivity contribution in [1.82, 2.24) is 0 Å². The molecule has 0 fully saturated rings. The van der Waals surface area contributed by atoms with Crippen LogP contribution in [0.1, 0.15) is 38.8 Å². The third-order valence-corrected chi connectivity index (χ3v) is 11.8. The second-order valence-corrected chi connectivity index (χ2v) is 16.2. The zero-order valence-corrected chi connectivity index (χ0v) is 36.8. The van der Waals surface area contributed by atoms with Gasteiger partial charge in [0.1, 0.15) is 27.3 Å². The molecule has 0 amide bonds. The monoisotopic (exact) mass is 760 g/mol. The molecular weight excluding hydrogens is 731 g/mol. The minimum atomic E-state index is -4.81. The zero-order valence-electron chi connectivity index (χ0n) is 28.9. The Morgan fingerprint density at radius 3 is 1.74 bits per heavy atom. The Bertz CT molecular complexity index is 2570. The van der Waals surface area contributed by atoms with Crippen LogP contribution < -0.4 is 113 Å². The SMILES string of the molecule is CN1/C(=C/C2=C([O-])C(=C/C3=[N+](C)c4c(cc(S(=O)(=O)[O-])c5ccccc45)C3(C)C)/C2=O)C(C)(C)c2cc(S(=O)(=O)[O-])c3ccccc3c21.[K+].[K+]. The van der Waals surface area contributed by atoms with Crippen LogP contribution >= 0.6 is 0 Å². The standard InChI is InChI=1S/C36H32N2O8S2.2K/c1-35(2)25-17-27(47(41,42)43)19-11-7-9-13-21(19)31(25)37(5)29(35)15-23-33(39)24(34(23)40)16-30-36(3,4)26-18-28(48(44,45)46)20-12-8-10-14-22(20)32(26)38(30)6;;/h7-18H,1-6H3,(H2-,39,40,41,42,43,44,45,46);;/q;2*+1/p-2. The van der Waals surface area contributed by atoms with Crippen molar-refractivity contribution in [3.8, 4) is 0 Å². The maximum absolute atomic E-state index is 13.7. The van der Waals surface area contributed by atoms with Gasteiger partial charge in [0.2, 0.25) is 5.69 Å². The third-order valence-electron chi connectivity index (χ3n) is 10.1. The Hall–Kier alpha value is -1.35. The van der Waals surface area contributed by atoms with Gasteiger partial charge >= 0.3 is 103 Å². The van der Waals surface area contributed by atoms with Crippen LogP contribution in [0.3, 0.4) is 0 Å². The number of fused-ring (bicyclic) bond motifs is 6. The number of allylic oxidation sites excluding steroid dienone is 5.